The van der Waals surface area contributed by atoms with Gasteiger partial charge in [0.05, 0.1) is 15.6 Å². The van der Waals surface area contributed by atoms with Gasteiger partial charge in [0, 0.05) is 21.7 Å². The largest absolute Gasteiger partial charge is 0.379 e. The highest BCUT2D eigenvalue weighted by Gasteiger charge is 2.12. The number of anilines is 1. The van der Waals surface area contributed by atoms with Crippen molar-refractivity contribution in [3.05, 3.63) is 66.7 Å². The van der Waals surface area contributed by atoms with Crippen molar-refractivity contribution in [2.24, 2.45) is 0 Å². The van der Waals surface area contributed by atoms with Gasteiger partial charge >= 0.3 is 0 Å². The van der Waals surface area contributed by atoms with E-state index in [0.717, 1.165) is 9.26 Å². The lowest BCUT2D eigenvalue weighted by molar-refractivity contribution is -0.385. The smallest absolute Gasteiger partial charge is 0.274 e. The van der Waals surface area contributed by atoms with E-state index in [9.17, 15) is 10.1 Å². The van der Waals surface area contributed by atoms with Gasteiger partial charge in [-0.15, -0.1) is 0 Å². The summed E-state index contributed by atoms with van der Waals surface area (Å²) in [6, 6.07) is 12.3. The number of nitrogens with zero attached hydrogens (tertiary/aromatic N) is 1. The van der Waals surface area contributed by atoms with Crippen LogP contribution in [0.25, 0.3) is 0 Å². The Hall–Kier alpha value is -1.34. The summed E-state index contributed by atoms with van der Waals surface area (Å²) in [6.45, 7) is 0.359. The molecule has 19 heavy (non-hydrogen) atoms. The molecule has 0 aliphatic heterocycles. The Bertz CT molecular complexity index is 619. The van der Waals surface area contributed by atoms with Crippen molar-refractivity contribution in [1.82, 2.24) is 0 Å². The number of nitrogens with one attached hydrogen (secondary N) is 1. The fourth-order valence-corrected chi connectivity index (χ4v) is 2.58. The zero-order valence-electron chi connectivity index (χ0n) is 9.77. The standard InChI is InChI=1S/C13H10ClIN2O2/c14-11-7-10(15)5-6-12(11)16-8-9-3-1-2-4-13(9)17(18)19/h1-7,16H,8H2. The number of para-hydroxylation sites is 1. The summed E-state index contributed by atoms with van der Waals surface area (Å²) < 4.78 is 1.04. The van der Waals surface area contributed by atoms with Crippen molar-refractivity contribution in [2.45, 2.75) is 6.54 Å². The number of nitro groups is 1. The molecule has 0 bridgehead atoms. The molecule has 0 fully saturated rings. The molecule has 0 saturated heterocycles. The first-order valence-electron chi connectivity index (χ1n) is 5.49. The molecule has 2 rings (SSSR count). The number of halogens is 2. The number of nitro benzene ring substituents is 1. The van der Waals surface area contributed by atoms with Crippen molar-refractivity contribution >= 4 is 45.6 Å². The third-order valence-electron chi connectivity index (χ3n) is 2.59. The average Bonchev–Trinajstić information content (AvgIpc) is 2.38. The molecule has 0 aliphatic rings. The zero-order valence-corrected chi connectivity index (χ0v) is 12.7. The molecule has 0 atom stereocenters. The minimum absolute atomic E-state index is 0.108. The lowest BCUT2D eigenvalue weighted by Gasteiger charge is -2.09. The van der Waals surface area contributed by atoms with Crippen LogP contribution in [0.3, 0.4) is 0 Å². The van der Waals surface area contributed by atoms with E-state index in [2.05, 4.69) is 27.9 Å². The molecule has 0 radical (unpaired) electrons. The lowest BCUT2D eigenvalue weighted by atomic mass is 10.2. The molecule has 1 N–H and O–H groups in total. The molecule has 0 aromatic heterocycles. The minimum atomic E-state index is -0.382. The molecule has 0 amide bonds. The molecule has 2 aromatic carbocycles. The van der Waals surface area contributed by atoms with Crippen LogP contribution in [0.15, 0.2) is 42.5 Å². The lowest BCUT2D eigenvalue weighted by Crippen LogP contribution is -2.03. The average molecular weight is 389 g/mol. The van der Waals surface area contributed by atoms with Crippen LogP contribution in [0.5, 0.6) is 0 Å². The van der Waals surface area contributed by atoms with Crippen LogP contribution in [0, 0.1) is 13.7 Å². The second-order valence-corrected chi connectivity index (χ2v) is 5.52. The quantitative estimate of drug-likeness (QED) is 0.478. The van der Waals surface area contributed by atoms with E-state index in [0.29, 0.717) is 17.1 Å². The molecule has 6 heteroatoms. The normalized spacial score (nSPS) is 10.2. The Balaban J connectivity index is 2.17. The minimum Gasteiger partial charge on any atom is -0.379 e. The van der Waals surface area contributed by atoms with Crippen LogP contribution in [-0.4, -0.2) is 4.92 Å². The molecule has 2 aromatic rings. The summed E-state index contributed by atoms with van der Waals surface area (Å²) in [5, 5.41) is 14.6. The summed E-state index contributed by atoms with van der Waals surface area (Å²) in [5.74, 6) is 0. The summed E-state index contributed by atoms with van der Waals surface area (Å²) in [4.78, 5) is 10.5. The van der Waals surface area contributed by atoms with Crippen LogP contribution in [0.2, 0.25) is 5.02 Å². The summed E-state index contributed by atoms with van der Waals surface area (Å²) in [7, 11) is 0. The highest BCUT2D eigenvalue weighted by atomic mass is 127. The van der Waals surface area contributed by atoms with E-state index in [1.807, 2.05) is 18.2 Å². The monoisotopic (exact) mass is 388 g/mol. The van der Waals surface area contributed by atoms with E-state index < -0.39 is 0 Å². The van der Waals surface area contributed by atoms with Crippen LogP contribution >= 0.6 is 34.2 Å². The van der Waals surface area contributed by atoms with E-state index in [-0.39, 0.29) is 10.6 Å². The van der Waals surface area contributed by atoms with Crippen molar-refractivity contribution in [3.63, 3.8) is 0 Å². The second-order valence-electron chi connectivity index (χ2n) is 3.86. The van der Waals surface area contributed by atoms with E-state index in [1.54, 1.807) is 18.2 Å². The topological polar surface area (TPSA) is 55.2 Å². The third-order valence-corrected chi connectivity index (χ3v) is 3.57. The Labute approximate surface area is 129 Å². The first-order chi connectivity index (χ1) is 9.08. The van der Waals surface area contributed by atoms with Crippen LogP contribution < -0.4 is 5.32 Å². The van der Waals surface area contributed by atoms with Crippen molar-refractivity contribution < 1.29 is 4.92 Å². The Morgan fingerprint density at radius 1 is 1.26 bits per heavy atom. The Morgan fingerprint density at radius 3 is 2.68 bits per heavy atom. The van der Waals surface area contributed by atoms with Gasteiger partial charge in [0.2, 0.25) is 0 Å². The second kappa shape index (κ2) is 6.21. The maximum absolute atomic E-state index is 10.9. The highest BCUT2D eigenvalue weighted by Crippen LogP contribution is 2.25. The third kappa shape index (κ3) is 3.57. The molecule has 0 heterocycles. The van der Waals surface area contributed by atoms with Gasteiger partial charge in [-0.2, -0.15) is 0 Å². The first-order valence-corrected chi connectivity index (χ1v) is 6.95. The molecule has 0 saturated carbocycles. The van der Waals surface area contributed by atoms with Gasteiger partial charge in [0.1, 0.15) is 0 Å². The number of rotatable bonds is 4. The molecule has 0 aliphatic carbocycles. The first kappa shape index (κ1) is 14.1. The fraction of sp³-hybridized carbons (Fsp3) is 0.0769. The summed E-state index contributed by atoms with van der Waals surface area (Å²) in [5.41, 5.74) is 1.50. The molecule has 4 nitrogen and oxygen atoms in total. The van der Waals surface area contributed by atoms with E-state index >= 15 is 0 Å². The molecule has 0 unspecified atom stereocenters. The van der Waals surface area contributed by atoms with E-state index in [1.165, 1.54) is 6.07 Å². The number of benzene rings is 2. The predicted molar refractivity (Wildman–Crippen MR) is 84.6 cm³/mol. The van der Waals surface area contributed by atoms with Crippen LogP contribution in [0.4, 0.5) is 11.4 Å². The number of hydrogen-bond donors (Lipinski definition) is 1. The predicted octanol–water partition coefficient (Wildman–Crippen LogP) is 4.46. The Morgan fingerprint density at radius 2 is 2.00 bits per heavy atom. The highest BCUT2D eigenvalue weighted by molar-refractivity contribution is 14.1. The molecule has 98 valence electrons. The van der Waals surface area contributed by atoms with Gasteiger partial charge in [-0.05, 0) is 40.8 Å². The van der Waals surface area contributed by atoms with Gasteiger partial charge in [0.25, 0.3) is 5.69 Å². The number of hydrogen-bond acceptors (Lipinski definition) is 3. The van der Waals surface area contributed by atoms with Crippen LogP contribution in [0.1, 0.15) is 5.56 Å². The van der Waals surface area contributed by atoms with Gasteiger partial charge in [-0.1, -0.05) is 29.8 Å². The van der Waals surface area contributed by atoms with Crippen molar-refractivity contribution in [1.29, 1.82) is 0 Å². The van der Waals surface area contributed by atoms with Crippen LogP contribution in [-0.2, 0) is 6.54 Å². The molecular formula is C13H10ClIN2O2. The Kier molecular flexibility index (Phi) is 4.60. The maximum Gasteiger partial charge on any atom is 0.274 e. The summed E-state index contributed by atoms with van der Waals surface area (Å²) >= 11 is 8.27. The van der Waals surface area contributed by atoms with Gasteiger partial charge in [-0.3, -0.25) is 10.1 Å². The van der Waals surface area contributed by atoms with Crippen molar-refractivity contribution in [2.75, 3.05) is 5.32 Å². The molecular weight excluding hydrogens is 379 g/mol. The van der Waals surface area contributed by atoms with Crippen molar-refractivity contribution in [3.8, 4) is 0 Å². The SMILES string of the molecule is O=[N+]([O-])c1ccccc1CNc1ccc(I)cc1Cl. The van der Waals surface area contributed by atoms with Gasteiger partial charge in [0.15, 0.2) is 0 Å². The van der Waals surface area contributed by atoms with Gasteiger partial charge < -0.3 is 5.32 Å². The summed E-state index contributed by atoms with van der Waals surface area (Å²) in [6.07, 6.45) is 0. The maximum atomic E-state index is 10.9. The van der Waals surface area contributed by atoms with E-state index in [4.69, 9.17) is 11.6 Å². The zero-order chi connectivity index (χ0) is 13.8. The fourth-order valence-electron chi connectivity index (χ4n) is 1.66. The van der Waals surface area contributed by atoms with Gasteiger partial charge in [-0.25, -0.2) is 0 Å². The molecule has 0 spiro atoms.